The lowest BCUT2D eigenvalue weighted by Crippen LogP contribution is -2.06. The molecule has 0 amide bonds. The van der Waals surface area contributed by atoms with E-state index < -0.39 is 0 Å². The Labute approximate surface area is 80.7 Å². The lowest BCUT2D eigenvalue weighted by atomic mass is 10.2. The Morgan fingerprint density at radius 2 is 1.69 bits per heavy atom. The Morgan fingerprint density at radius 3 is 2.08 bits per heavy atom. The summed E-state index contributed by atoms with van der Waals surface area (Å²) in [5.74, 6) is 0.838. The van der Waals surface area contributed by atoms with Crippen LogP contribution >= 0.6 is 0 Å². The van der Waals surface area contributed by atoms with Crippen molar-refractivity contribution in [2.45, 2.75) is 27.2 Å². The molecule has 0 spiro atoms. The van der Waals surface area contributed by atoms with E-state index in [1.165, 1.54) is 5.56 Å². The van der Waals surface area contributed by atoms with E-state index in [1.54, 1.807) is 0 Å². The predicted octanol–water partition coefficient (Wildman–Crippen LogP) is 2.57. The molecule has 0 saturated heterocycles. The maximum Gasteiger partial charge on any atom is 0.137 e. The molecule has 0 radical (unpaired) electrons. The van der Waals surface area contributed by atoms with Crippen molar-refractivity contribution in [2.24, 2.45) is 5.73 Å². The van der Waals surface area contributed by atoms with E-state index in [-0.39, 0.29) is 6.73 Å². The van der Waals surface area contributed by atoms with Gasteiger partial charge in [-0.2, -0.15) is 0 Å². The van der Waals surface area contributed by atoms with E-state index in [0.717, 1.165) is 12.2 Å². The number of rotatable bonds is 3. The smallest absolute Gasteiger partial charge is 0.137 e. The summed E-state index contributed by atoms with van der Waals surface area (Å²) in [6, 6.07) is 7.97. The summed E-state index contributed by atoms with van der Waals surface area (Å²) in [5.41, 5.74) is 6.52. The molecule has 2 N–H and O–H groups in total. The van der Waals surface area contributed by atoms with Crippen LogP contribution in [0.25, 0.3) is 0 Å². The van der Waals surface area contributed by atoms with E-state index in [1.807, 2.05) is 38.1 Å². The highest BCUT2D eigenvalue weighted by atomic mass is 16.5. The maximum absolute atomic E-state index is 5.21. The van der Waals surface area contributed by atoms with Crippen LogP contribution in [0.15, 0.2) is 24.3 Å². The summed E-state index contributed by atoms with van der Waals surface area (Å²) >= 11 is 0. The van der Waals surface area contributed by atoms with E-state index in [0.29, 0.717) is 0 Å². The molecule has 2 nitrogen and oxygen atoms in total. The third-order valence-electron chi connectivity index (χ3n) is 1.58. The monoisotopic (exact) mass is 181 g/mol. The molecule has 0 aliphatic rings. The highest BCUT2D eigenvalue weighted by Gasteiger charge is 1.90. The van der Waals surface area contributed by atoms with Crippen LogP contribution in [0.1, 0.15) is 26.3 Å². The van der Waals surface area contributed by atoms with Crippen LogP contribution < -0.4 is 10.5 Å². The van der Waals surface area contributed by atoms with Gasteiger partial charge in [0, 0.05) is 0 Å². The topological polar surface area (TPSA) is 35.2 Å². The predicted molar refractivity (Wildman–Crippen MR) is 56.9 cm³/mol. The molecule has 0 heterocycles. The average Bonchev–Trinajstić information content (AvgIpc) is 2.23. The molecule has 0 fully saturated rings. The van der Waals surface area contributed by atoms with Gasteiger partial charge >= 0.3 is 0 Å². The molecule has 0 saturated carbocycles. The number of nitrogens with two attached hydrogens (primary N) is 1. The number of aryl methyl sites for hydroxylation is 1. The number of hydrogen-bond acceptors (Lipinski definition) is 2. The van der Waals surface area contributed by atoms with E-state index in [2.05, 4.69) is 6.92 Å². The van der Waals surface area contributed by atoms with Gasteiger partial charge in [0.1, 0.15) is 12.5 Å². The van der Waals surface area contributed by atoms with Crippen molar-refractivity contribution in [3.63, 3.8) is 0 Å². The minimum atomic E-state index is 0.242. The first-order chi connectivity index (χ1) is 6.36. The summed E-state index contributed by atoms with van der Waals surface area (Å²) < 4.78 is 5.08. The molecule has 0 aliphatic carbocycles. The SMILES string of the molecule is CC.CCc1ccc(OCN)cc1. The van der Waals surface area contributed by atoms with Crippen molar-refractivity contribution in [1.29, 1.82) is 0 Å². The summed E-state index contributed by atoms with van der Waals surface area (Å²) in [4.78, 5) is 0. The van der Waals surface area contributed by atoms with E-state index in [9.17, 15) is 0 Å². The highest BCUT2D eigenvalue weighted by Crippen LogP contribution is 2.11. The zero-order valence-electron chi connectivity index (χ0n) is 8.71. The Bertz CT molecular complexity index is 206. The van der Waals surface area contributed by atoms with Crippen molar-refractivity contribution in [2.75, 3.05) is 6.73 Å². The van der Waals surface area contributed by atoms with Crippen molar-refractivity contribution in [3.05, 3.63) is 29.8 Å². The van der Waals surface area contributed by atoms with Gasteiger partial charge in [-0.05, 0) is 24.1 Å². The lowest BCUT2D eigenvalue weighted by Gasteiger charge is -2.02. The minimum Gasteiger partial charge on any atom is -0.479 e. The molecule has 1 aromatic rings. The average molecular weight is 181 g/mol. The first-order valence-electron chi connectivity index (χ1n) is 4.78. The normalized spacial score (nSPS) is 8.62. The van der Waals surface area contributed by atoms with Crippen LogP contribution in [0.3, 0.4) is 0 Å². The third-order valence-corrected chi connectivity index (χ3v) is 1.58. The zero-order valence-corrected chi connectivity index (χ0v) is 8.71. The zero-order chi connectivity index (χ0) is 10.1. The number of benzene rings is 1. The Kier molecular flexibility index (Phi) is 7.02. The first-order valence-corrected chi connectivity index (χ1v) is 4.78. The Hall–Kier alpha value is -1.02. The molecule has 0 aromatic heterocycles. The van der Waals surface area contributed by atoms with Crippen LogP contribution in [0.5, 0.6) is 5.75 Å². The van der Waals surface area contributed by atoms with Crippen LogP contribution in [-0.2, 0) is 6.42 Å². The summed E-state index contributed by atoms with van der Waals surface area (Å²) in [7, 11) is 0. The maximum atomic E-state index is 5.21. The van der Waals surface area contributed by atoms with Crippen molar-refractivity contribution < 1.29 is 4.74 Å². The van der Waals surface area contributed by atoms with Gasteiger partial charge in [0.25, 0.3) is 0 Å². The van der Waals surface area contributed by atoms with Gasteiger partial charge in [0.2, 0.25) is 0 Å². The van der Waals surface area contributed by atoms with Crippen molar-refractivity contribution in [3.8, 4) is 5.75 Å². The van der Waals surface area contributed by atoms with Gasteiger partial charge in [0.05, 0.1) is 0 Å². The number of ether oxygens (including phenoxy) is 1. The highest BCUT2D eigenvalue weighted by molar-refractivity contribution is 5.26. The second kappa shape index (κ2) is 7.62. The molecular formula is C11H19NO. The van der Waals surface area contributed by atoms with Gasteiger partial charge in [-0.3, -0.25) is 5.73 Å². The molecule has 0 unspecified atom stereocenters. The molecule has 13 heavy (non-hydrogen) atoms. The van der Waals surface area contributed by atoms with Gasteiger partial charge in [0.15, 0.2) is 0 Å². The molecule has 2 heteroatoms. The fraction of sp³-hybridized carbons (Fsp3) is 0.455. The van der Waals surface area contributed by atoms with Gasteiger partial charge in [-0.25, -0.2) is 0 Å². The Balaban J connectivity index is 0.000000671. The largest absolute Gasteiger partial charge is 0.479 e. The molecule has 1 rings (SSSR count). The quantitative estimate of drug-likeness (QED) is 0.727. The van der Waals surface area contributed by atoms with E-state index >= 15 is 0 Å². The first kappa shape index (κ1) is 12.0. The molecule has 0 bridgehead atoms. The molecule has 1 aromatic carbocycles. The fourth-order valence-corrected chi connectivity index (χ4v) is 0.918. The van der Waals surface area contributed by atoms with Crippen LogP contribution in [-0.4, -0.2) is 6.73 Å². The summed E-state index contributed by atoms with van der Waals surface area (Å²) in [6.07, 6.45) is 1.06. The molecular weight excluding hydrogens is 162 g/mol. The molecule has 0 atom stereocenters. The van der Waals surface area contributed by atoms with Crippen LogP contribution in [0.2, 0.25) is 0 Å². The summed E-state index contributed by atoms with van der Waals surface area (Å²) in [6.45, 7) is 6.37. The lowest BCUT2D eigenvalue weighted by molar-refractivity contribution is 0.329. The van der Waals surface area contributed by atoms with Gasteiger partial charge in [-0.1, -0.05) is 32.9 Å². The van der Waals surface area contributed by atoms with Crippen LogP contribution in [0, 0.1) is 0 Å². The summed E-state index contributed by atoms with van der Waals surface area (Å²) in [5, 5.41) is 0. The van der Waals surface area contributed by atoms with E-state index in [4.69, 9.17) is 10.5 Å². The van der Waals surface area contributed by atoms with Crippen molar-refractivity contribution in [1.82, 2.24) is 0 Å². The third kappa shape index (κ3) is 4.53. The van der Waals surface area contributed by atoms with Crippen molar-refractivity contribution >= 4 is 0 Å². The molecule has 74 valence electrons. The Morgan fingerprint density at radius 1 is 1.15 bits per heavy atom. The van der Waals surface area contributed by atoms with Gasteiger partial charge < -0.3 is 4.74 Å². The number of hydrogen-bond donors (Lipinski definition) is 1. The minimum absolute atomic E-state index is 0.242. The van der Waals surface area contributed by atoms with Crippen LogP contribution in [0.4, 0.5) is 0 Å². The second-order valence-electron chi connectivity index (χ2n) is 2.31. The standard InChI is InChI=1S/C9H13NO.C2H6/c1-2-8-3-5-9(6-4-8)11-7-10;1-2/h3-6H,2,7,10H2,1H3;1-2H3. The molecule has 0 aliphatic heterocycles. The second-order valence-corrected chi connectivity index (χ2v) is 2.31. The fourth-order valence-electron chi connectivity index (χ4n) is 0.918. The van der Waals surface area contributed by atoms with Gasteiger partial charge in [-0.15, -0.1) is 0 Å².